The minimum atomic E-state index is -0.988. The summed E-state index contributed by atoms with van der Waals surface area (Å²) < 4.78 is 14.9. The Morgan fingerprint density at radius 3 is 2.75 bits per heavy atom. The number of aryl methyl sites for hydroxylation is 1. The first-order valence-electron chi connectivity index (χ1n) is 3.46. The van der Waals surface area contributed by atoms with Crippen LogP contribution in [0.4, 0.5) is 5.69 Å². The molecule has 4 heteroatoms. The second-order valence-corrected chi connectivity index (χ2v) is 4.87. The molecule has 0 spiro atoms. The average Bonchev–Trinajstić information content (AvgIpc) is 1.96. The molecule has 0 fully saturated rings. The fourth-order valence-corrected chi connectivity index (χ4v) is 1.88. The summed E-state index contributed by atoms with van der Waals surface area (Å²) in [5.41, 5.74) is 2.06. The third kappa shape index (κ3) is 2.75. The van der Waals surface area contributed by atoms with Gasteiger partial charge in [-0.1, -0.05) is 6.07 Å². The van der Waals surface area contributed by atoms with Gasteiger partial charge in [0.15, 0.2) is 0 Å². The third-order valence-corrected chi connectivity index (χ3v) is 2.63. The number of nitrogens with one attached hydrogen (secondary N) is 1. The van der Waals surface area contributed by atoms with Crippen molar-refractivity contribution < 1.29 is 4.21 Å². The maximum Gasteiger partial charge on any atom is 0.113 e. The van der Waals surface area contributed by atoms with Crippen molar-refractivity contribution in [2.75, 3.05) is 11.0 Å². The van der Waals surface area contributed by atoms with Crippen molar-refractivity contribution in [1.29, 1.82) is 0 Å². The minimum absolute atomic E-state index is 0.947. The Morgan fingerprint density at radius 1 is 1.50 bits per heavy atom. The molecule has 0 heterocycles. The van der Waals surface area contributed by atoms with Crippen LogP contribution in [0.5, 0.6) is 0 Å². The first-order chi connectivity index (χ1) is 5.59. The van der Waals surface area contributed by atoms with Gasteiger partial charge in [0.25, 0.3) is 0 Å². The monoisotopic (exact) mass is 295 g/mol. The summed E-state index contributed by atoms with van der Waals surface area (Å²) in [5, 5.41) is 0. The molecule has 12 heavy (non-hydrogen) atoms. The van der Waals surface area contributed by atoms with Crippen LogP contribution >= 0.6 is 22.6 Å². The molecule has 0 amide bonds. The van der Waals surface area contributed by atoms with Crippen LogP contribution in [0.2, 0.25) is 0 Å². The van der Waals surface area contributed by atoms with E-state index in [0.29, 0.717) is 0 Å². The van der Waals surface area contributed by atoms with E-state index < -0.39 is 11.0 Å². The predicted octanol–water partition coefficient (Wildman–Crippen LogP) is 2.31. The highest BCUT2D eigenvalue weighted by Crippen LogP contribution is 2.18. The van der Waals surface area contributed by atoms with E-state index in [2.05, 4.69) is 27.3 Å². The number of rotatable bonds is 2. The molecule has 1 N–H and O–H groups in total. The normalized spacial score (nSPS) is 12.6. The van der Waals surface area contributed by atoms with Crippen molar-refractivity contribution >= 4 is 39.3 Å². The Labute approximate surface area is 88.5 Å². The standard InChI is InChI=1S/C8H10INOS/c1-6-3-4-7(9)5-8(6)10-12(2)11/h3-5,10H,1-2H3. The Morgan fingerprint density at radius 2 is 2.17 bits per heavy atom. The van der Waals surface area contributed by atoms with E-state index in [4.69, 9.17) is 0 Å². The summed E-state index contributed by atoms with van der Waals surface area (Å²) in [4.78, 5) is 0. The van der Waals surface area contributed by atoms with Crippen LogP contribution in [0.1, 0.15) is 5.56 Å². The summed E-state index contributed by atoms with van der Waals surface area (Å²) in [6, 6.07) is 6.02. The summed E-state index contributed by atoms with van der Waals surface area (Å²) >= 11 is 2.23. The molecule has 0 radical (unpaired) electrons. The zero-order valence-corrected chi connectivity index (χ0v) is 9.90. The molecule has 0 aromatic heterocycles. The number of benzene rings is 1. The van der Waals surface area contributed by atoms with Gasteiger partial charge in [0.1, 0.15) is 11.0 Å². The van der Waals surface area contributed by atoms with E-state index in [1.807, 2.05) is 25.1 Å². The lowest BCUT2D eigenvalue weighted by molar-refractivity contribution is 0.690. The topological polar surface area (TPSA) is 29.1 Å². The molecule has 0 aliphatic heterocycles. The summed E-state index contributed by atoms with van der Waals surface area (Å²) in [7, 11) is -0.988. The SMILES string of the molecule is Cc1ccc(I)cc1NS(C)=O. The molecule has 1 rings (SSSR count). The van der Waals surface area contributed by atoms with Crippen LogP contribution in [-0.2, 0) is 11.0 Å². The van der Waals surface area contributed by atoms with Crippen molar-refractivity contribution in [3.63, 3.8) is 0 Å². The number of hydrogen-bond donors (Lipinski definition) is 1. The maximum atomic E-state index is 10.9. The molecule has 0 saturated heterocycles. The molecule has 0 aliphatic rings. The van der Waals surface area contributed by atoms with Gasteiger partial charge in [-0.25, -0.2) is 4.21 Å². The number of anilines is 1. The van der Waals surface area contributed by atoms with Crippen molar-refractivity contribution in [2.24, 2.45) is 0 Å². The highest BCUT2D eigenvalue weighted by atomic mass is 127. The molecule has 0 saturated carbocycles. The quantitative estimate of drug-likeness (QED) is 0.834. The molecule has 1 aromatic carbocycles. The van der Waals surface area contributed by atoms with E-state index in [9.17, 15) is 4.21 Å². The third-order valence-electron chi connectivity index (χ3n) is 1.45. The van der Waals surface area contributed by atoms with E-state index in [0.717, 1.165) is 14.8 Å². The molecule has 1 aromatic rings. The lowest BCUT2D eigenvalue weighted by Crippen LogP contribution is -2.02. The Hall–Kier alpha value is -0.100. The van der Waals surface area contributed by atoms with E-state index in [1.54, 1.807) is 6.26 Å². The first kappa shape index (κ1) is 9.98. The van der Waals surface area contributed by atoms with Gasteiger partial charge in [0, 0.05) is 9.83 Å². The summed E-state index contributed by atoms with van der Waals surface area (Å²) in [5.74, 6) is 0. The highest BCUT2D eigenvalue weighted by Gasteiger charge is 1.98. The number of hydrogen-bond acceptors (Lipinski definition) is 1. The fraction of sp³-hybridized carbons (Fsp3) is 0.250. The Bertz CT molecular complexity index is 314. The second kappa shape index (κ2) is 4.23. The maximum absolute atomic E-state index is 10.9. The van der Waals surface area contributed by atoms with E-state index >= 15 is 0 Å². The molecular weight excluding hydrogens is 285 g/mol. The van der Waals surface area contributed by atoms with Crippen LogP contribution in [0.15, 0.2) is 18.2 Å². The number of halogens is 1. The van der Waals surface area contributed by atoms with Gasteiger partial charge in [-0.05, 0) is 47.2 Å². The van der Waals surface area contributed by atoms with Gasteiger partial charge in [-0.3, -0.25) is 0 Å². The van der Waals surface area contributed by atoms with Crippen molar-refractivity contribution in [1.82, 2.24) is 0 Å². The van der Waals surface area contributed by atoms with Gasteiger partial charge < -0.3 is 4.72 Å². The molecular formula is C8H10INOS. The Kier molecular flexibility index (Phi) is 3.52. The van der Waals surface area contributed by atoms with Crippen LogP contribution in [-0.4, -0.2) is 10.5 Å². The van der Waals surface area contributed by atoms with E-state index in [1.165, 1.54) is 0 Å². The molecule has 2 nitrogen and oxygen atoms in total. The molecule has 0 aliphatic carbocycles. The van der Waals surface area contributed by atoms with Crippen molar-refractivity contribution in [2.45, 2.75) is 6.92 Å². The van der Waals surface area contributed by atoms with Crippen LogP contribution in [0, 0.1) is 10.5 Å². The molecule has 66 valence electrons. The fourth-order valence-electron chi connectivity index (χ4n) is 0.859. The predicted molar refractivity (Wildman–Crippen MR) is 61.6 cm³/mol. The second-order valence-electron chi connectivity index (χ2n) is 2.52. The zero-order valence-electron chi connectivity index (χ0n) is 6.93. The zero-order chi connectivity index (χ0) is 9.14. The largest absolute Gasteiger partial charge is 0.305 e. The molecule has 1 unspecified atom stereocenters. The van der Waals surface area contributed by atoms with Crippen LogP contribution in [0.3, 0.4) is 0 Å². The van der Waals surface area contributed by atoms with Crippen LogP contribution < -0.4 is 4.72 Å². The lowest BCUT2D eigenvalue weighted by atomic mass is 10.2. The van der Waals surface area contributed by atoms with Crippen molar-refractivity contribution in [3.8, 4) is 0 Å². The van der Waals surface area contributed by atoms with Crippen LogP contribution in [0.25, 0.3) is 0 Å². The van der Waals surface area contributed by atoms with Gasteiger partial charge in [0.05, 0.1) is 5.69 Å². The Balaban J connectivity index is 2.97. The minimum Gasteiger partial charge on any atom is -0.305 e. The van der Waals surface area contributed by atoms with Gasteiger partial charge in [0.2, 0.25) is 0 Å². The molecule has 1 atom stereocenters. The van der Waals surface area contributed by atoms with Gasteiger partial charge >= 0.3 is 0 Å². The first-order valence-corrected chi connectivity index (χ1v) is 6.09. The highest BCUT2D eigenvalue weighted by molar-refractivity contribution is 14.1. The van der Waals surface area contributed by atoms with Gasteiger partial charge in [-0.15, -0.1) is 0 Å². The summed E-state index contributed by atoms with van der Waals surface area (Å²) in [6.07, 6.45) is 1.62. The van der Waals surface area contributed by atoms with Crippen molar-refractivity contribution in [3.05, 3.63) is 27.3 Å². The average molecular weight is 295 g/mol. The van der Waals surface area contributed by atoms with Gasteiger partial charge in [-0.2, -0.15) is 0 Å². The summed E-state index contributed by atoms with van der Waals surface area (Å²) in [6.45, 7) is 1.99. The lowest BCUT2D eigenvalue weighted by Gasteiger charge is -2.06. The molecule has 0 bridgehead atoms. The van der Waals surface area contributed by atoms with E-state index in [-0.39, 0.29) is 0 Å². The smallest absolute Gasteiger partial charge is 0.113 e.